The molecular weight excluding hydrogens is 464 g/mol. The number of fused-ring (bicyclic) bond motifs is 3. The second-order valence-electron chi connectivity index (χ2n) is 11.9. The van der Waals surface area contributed by atoms with Crippen LogP contribution in [0.15, 0.2) is 60.7 Å². The molecule has 4 saturated carbocycles. The maximum atomic E-state index is 13.0. The number of rotatable bonds is 5. The van der Waals surface area contributed by atoms with Crippen LogP contribution in [-0.2, 0) is 9.53 Å². The van der Waals surface area contributed by atoms with Gasteiger partial charge in [0.05, 0.1) is 0 Å². The average Bonchev–Trinajstić information content (AvgIpc) is 3.43. The minimum absolute atomic E-state index is 0.0183. The Hall–Kier alpha value is -2.85. The highest BCUT2D eigenvalue weighted by Crippen LogP contribution is 2.89. The second-order valence-corrected chi connectivity index (χ2v) is 13.8. The van der Waals surface area contributed by atoms with E-state index in [0.29, 0.717) is 11.3 Å². The van der Waals surface area contributed by atoms with Crippen molar-refractivity contribution in [2.45, 2.75) is 45.6 Å². The van der Waals surface area contributed by atoms with E-state index in [1.807, 2.05) is 0 Å². The van der Waals surface area contributed by atoms with Crippen molar-refractivity contribution in [3.8, 4) is 10.6 Å². The molecule has 3 aromatic carbocycles. The number of carbonyl (C=O) groups is 1. The van der Waals surface area contributed by atoms with E-state index >= 15 is 0 Å². The second kappa shape index (κ2) is 6.92. The predicted molar refractivity (Wildman–Crippen MR) is 145 cm³/mol. The van der Waals surface area contributed by atoms with Gasteiger partial charge in [-0.15, -0.1) is 0 Å². The molecule has 4 aliphatic rings. The molecule has 4 heteroatoms. The summed E-state index contributed by atoms with van der Waals surface area (Å²) in [5.74, 6) is 3.73. The van der Waals surface area contributed by atoms with Gasteiger partial charge in [0.15, 0.2) is 20.9 Å². The van der Waals surface area contributed by atoms with Crippen molar-refractivity contribution in [3.05, 3.63) is 71.8 Å². The van der Waals surface area contributed by atoms with Gasteiger partial charge in [0, 0.05) is 44.7 Å². The molecule has 0 saturated heterocycles. The smallest absolute Gasteiger partial charge is 0.344 e. The van der Waals surface area contributed by atoms with E-state index in [2.05, 4.69) is 81.4 Å². The highest BCUT2D eigenvalue weighted by atomic mass is 32.2. The van der Waals surface area contributed by atoms with Gasteiger partial charge in [0.1, 0.15) is 11.4 Å². The highest BCUT2D eigenvalue weighted by molar-refractivity contribution is 7.50. The first-order valence-corrected chi connectivity index (χ1v) is 14.5. The van der Waals surface area contributed by atoms with Crippen LogP contribution in [0.2, 0.25) is 0 Å². The minimum atomic E-state index is -0.256. The molecule has 0 N–H and O–H groups in total. The van der Waals surface area contributed by atoms with Crippen molar-refractivity contribution < 1.29 is 14.3 Å². The fourth-order valence-corrected chi connectivity index (χ4v) is 11.4. The standard InChI is InChI=1S/C32H31O3S/c1-18-12-22(36-26-10-6-4-8-23(26)24-9-5-7-11-27(24)36)13-19(2)30(18)34-17-28(33)35-31(3)25-15-20-14-21-16-32(21,31)29(20)25/h4-13,20-21,25,29H,14-17H2,1-3H3/q+1. The molecule has 36 heavy (non-hydrogen) atoms. The molecular formula is C32H31O3S+. The van der Waals surface area contributed by atoms with Crippen LogP contribution in [0, 0.1) is 42.9 Å². The molecule has 6 atom stereocenters. The third-order valence-corrected chi connectivity index (χ3v) is 12.6. The zero-order valence-corrected chi connectivity index (χ0v) is 21.9. The number of aryl methyl sites for hydroxylation is 2. The monoisotopic (exact) mass is 495 g/mol. The normalized spacial score (nSPS) is 33.0. The third-order valence-electron chi connectivity index (χ3n) is 10.3. The summed E-state index contributed by atoms with van der Waals surface area (Å²) in [6.45, 7) is 6.37. The van der Waals surface area contributed by atoms with Crippen LogP contribution < -0.4 is 4.74 Å². The summed E-state index contributed by atoms with van der Waals surface area (Å²) in [5, 5.41) is 2.66. The maximum Gasteiger partial charge on any atom is 0.344 e. The minimum Gasteiger partial charge on any atom is -0.481 e. The fraction of sp³-hybridized carbons (Fsp3) is 0.406. The van der Waals surface area contributed by atoms with Crippen molar-refractivity contribution >= 4 is 36.6 Å². The van der Waals surface area contributed by atoms with Crippen LogP contribution in [0.25, 0.3) is 25.1 Å². The lowest BCUT2D eigenvalue weighted by Gasteiger charge is -2.67. The molecule has 0 radical (unpaired) electrons. The Morgan fingerprint density at radius 2 is 1.61 bits per heavy atom. The third kappa shape index (κ3) is 2.47. The lowest BCUT2D eigenvalue weighted by molar-refractivity contribution is -0.274. The van der Waals surface area contributed by atoms with Crippen molar-refractivity contribution in [2.75, 3.05) is 6.61 Å². The van der Waals surface area contributed by atoms with E-state index in [9.17, 15) is 4.79 Å². The number of ether oxygens (including phenoxy) is 2. The summed E-state index contributed by atoms with van der Waals surface area (Å²) < 4.78 is 15.1. The molecule has 4 aliphatic carbocycles. The van der Waals surface area contributed by atoms with Crippen molar-refractivity contribution in [3.63, 3.8) is 0 Å². The van der Waals surface area contributed by atoms with Gasteiger partial charge in [-0.25, -0.2) is 4.79 Å². The molecule has 1 spiro atoms. The lowest BCUT2D eigenvalue weighted by atomic mass is 9.41. The largest absolute Gasteiger partial charge is 0.481 e. The van der Waals surface area contributed by atoms with Crippen LogP contribution >= 0.6 is 10.5 Å². The van der Waals surface area contributed by atoms with Gasteiger partial charge < -0.3 is 9.47 Å². The molecule has 6 unspecified atom stereocenters. The Kier molecular flexibility index (Phi) is 4.08. The van der Waals surface area contributed by atoms with Gasteiger partial charge in [-0.2, -0.15) is 0 Å². The predicted octanol–water partition coefficient (Wildman–Crippen LogP) is 7.70. The maximum absolute atomic E-state index is 13.0. The van der Waals surface area contributed by atoms with Crippen LogP contribution in [0.4, 0.5) is 0 Å². The Balaban J connectivity index is 1.06. The molecule has 1 aromatic heterocycles. The van der Waals surface area contributed by atoms with Crippen LogP contribution in [0.3, 0.4) is 0 Å². The molecule has 0 amide bonds. The van der Waals surface area contributed by atoms with E-state index < -0.39 is 0 Å². The number of carbonyl (C=O) groups excluding carboxylic acids is 1. The molecule has 182 valence electrons. The van der Waals surface area contributed by atoms with Gasteiger partial charge >= 0.3 is 5.97 Å². The van der Waals surface area contributed by atoms with Gasteiger partial charge in [-0.3, -0.25) is 0 Å². The van der Waals surface area contributed by atoms with Crippen LogP contribution in [-0.4, -0.2) is 18.2 Å². The molecule has 4 aromatic rings. The summed E-state index contributed by atoms with van der Waals surface area (Å²) in [5.41, 5.74) is 2.20. The fourth-order valence-electron chi connectivity index (χ4n) is 8.88. The van der Waals surface area contributed by atoms with E-state index in [0.717, 1.165) is 34.6 Å². The quantitative estimate of drug-likeness (QED) is 0.210. The average molecular weight is 496 g/mol. The molecule has 0 bridgehead atoms. The van der Waals surface area contributed by atoms with E-state index in [-0.39, 0.29) is 28.6 Å². The topological polar surface area (TPSA) is 35.5 Å². The summed E-state index contributed by atoms with van der Waals surface area (Å²) in [7, 11) is -0.139. The Labute approximate surface area is 214 Å². The van der Waals surface area contributed by atoms with Crippen LogP contribution in [0.1, 0.15) is 37.3 Å². The van der Waals surface area contributed by atoms with Gasteiger partial charge in [-0.05, 0) is 93.2 Å². The highest BCUT2D eigenvalue weighted by Gasteiger charge is 2.89. The molecule has 1 heterocycles. The number of hydrogen-bond donors (Lipinski definition) is 0. The summed E-state index contributed by atoms with van der Waals surface area (Å²) in [6, 6.07) is 22.0. The lowest BCUT2D eigenvalue weighted by Crippen LogP contribution is -2.70. The first kappa shape index (κ1) is 21.3. The van der Waals surface area contributed by atoms with Gasteiger partial charge in [0.2, 0.25) is 0 Å². The Morgan fingerprint density at radius 3 is 2.28 bits per heavy atom. The van der Waals surface area contributed by atoms with Crippen LogP contribution in [0.5, 0.6) is 5.75 Å². The van der Waals surface area contributed by atoms with E-state index in [1.54, 1.807) is 0 Å². The summed E-state index contributed by atoms with van der Waals surface area (Å²) in [6.07, 6.45) is 3.89. The summed E-state index contributed by atoms with van der Waals surface area (Å²) >= 11 is 0. The van der Waals surface area contributed by atoms with Crippen molar-refractivity contribution in [2.24, 2.45) is 29.1 Å². The van der Waals surface area contributed by atoms with Crippen molar-refractivity contribution in [1.82, 2.24) is 0 Å². The first-order chi connectivity index (χ1) is 17.4. The number of esters is 1. The zero-order chi connectivity index (χ0) is 24.4. The van der Waals surface area contributed by atoms with E-state index in [1.165, 1.54) is 44.3 Å². The van der Waals surface area contributed by atoms with Gasteiger partial charge in [0.25, 0.3) is 0 Å². The number of thiophene rings is 1. The molecule has 3 nitrogen and oxygen atoms in total. The SMILES string of the molecule is Cc1cc(-[s+]2c3ccccc3c3ccccc32)cc(C)c1OCC(=O)OC1(C)C2CC3CC4CC41C32. The first-order valence-electron chi connectivity index (χ1n) is 13.3. The number of hydrogen-bond acceptors (Lipinski definition) is 3. The zero-order valence-electron chi connectivity index (χ0n) is 21.0. The Bertz CT molecular complexity index is 1520. The molecule has 8 rings (SSSR count). The Morgan fingerprint density at radius 1 is 0.972 bits per heavy atom. The van der Waals surface area contributed by atoms with Gasteiger partial charge in [-0.1, -0.05) is 24.3 Å². The molecule has 0 aliphatic heterocycles. The number of benzene rings is 3. The van der Waals surface area contributed by atoms with E-state index in [4.69, 9.17) is 9.47 Å². The molecule has 4 fully saturated rings. The summed E-state index contributed by atoms with van der Waals surface area (Å²) in [4.78, 5) is 14.3. The van der Waals surface area contributed by atoms with Crippen molar-refractivity contribution in [1.29, 1.82) is 0 Å².